The maximum Gasteiger partial charge on any atom is 0.338 e. The summed E-state index contributed by atoms with van der Waals surface area (Å²) in [6.45, 7) is 6.52. The lowest BCUT2D eigenvalue weighted by Gasteiger charge is -2.09. The van der Waals surface area contributed by atoms with Crippen LogP contribution in [0.4, 0.5) is 5.69 Å². The number of carbonyl (C=O) groups excluding carboxylic acids is 3. The van der Waals surface area contributed by atoms with Gasteiger partial charge in [0.25, 0.3) is 5.91 Å². The third kappa shape index (κ3) is 6.19. The van der Waals surface area contributed by atoms with E-state index in [0.717, 1.165) is 24.1 Å². The number of hydrogen-bond acceptors (Lipinski definition) is 5. The number of anilines is 1. The van der Waals surface area contributed by atoms with Crippen molar-refractivity contribution in [3.63, 3.8) is 0 Å². The van der Waals surface area contributed by atoms with Gasteiger partial charge in [-0.25, -0.2) is 9.78 Å². The highest BCUT2D eigenvalue weighted by Crippen LogP contribution is 2.15. The largest absolute Gasteiger partial charge is 0.462 e. The molecule has 33 heavy (non-hydrogen) atoms. The number of rotatable bonds is 10. The van der Waals surface area contributed by atoms with Gasteiger partial charge >= 0.3 is 5.97 Å². The minimum absolute atomic E-state index is 0.192. The Balaban J connectivity index is 1.47. The molecular formula is C25H30N4O4. The number of carbonyl (C=O) groups is 3. The summed E-state index contributed by atoms with van der Waals surface area (Å²) in [5.41, 5.74) is 3.85. The van der Waals surface area contributed by atoms with Gasteiger partial charge in [0.1, 0.15) is 11.3 Å². The van der Waals surface area contributed by atoms with Crippen LogP contribution in [-0.2, 0) is 9.53 Å². The number of aromatic nitrogens is 2. The molecule has 8 nitrogen and oxygen atoms in total. The Kier molecular flexibility index (Phi) is 8.18. The fourth-order valence-corrected chi connectivity index (χ4v) is 3.47. The summed E-state index contributed by atoms with van der Waals surface area (Å²) in [4.78, 5) is 41.5. The number of nitrogens with zero attached hydrogens (tertiary/aromatic N) is 2. The van der Waals surface area contributed by atoms with E-state index in [1.807, 2.05) is 39.1 Å². The predicted octanol–water partition coefficient (Wildman–Crippen LogP) is 4.06. The normalized spacial score (nSPS) is 10.8. The average Bonchev–Trinajstić information content (AvgIpc) is 3.14. The van der Waals surface area contributed by atoms with Crippen LogP contribution in [0.3, 0.4) is 0 Å². The number of hydrogen-bond donors (Lipinski definition) is 2. The van der Waals surface area contributed by atoms with E-state index in [2.05, 4.69) is 15.6 Å². The molecule has 1 aromatic carbocycles. The lowest BCUT2D eigenvalue weighted by atomic mass is 10.2. The maximum absolute atomic E-state index is 12.7. The molecule has 0 saturated heterocycles. The minimum Gasteiger partial charge on any atom is -0.462 e. The summed E-state index contributed by atoms with van der Waals surface area (Å²) >= 11 is 0. The number of imidazole rings is 1. The number of aryl methyl sites for hydroxylation is 2. The van der Waals surface area contributed by atoms with E-state index in [-0.39, 0.29) is 18.2 Å². The summed E-state index contributed by atoms with van der Waals surface area (Å²) < 4.78 is 6.99. The monoisotopic (exact) mass is 450 g/mol. The van der Waals surface area contributed by atoms with Gasteiger partial charge in [-0.05, 0) is 56.5 Å². The van der Waals surface area contributed by atoms with Crippen LogP contribution in [-0.4, -0.2) is 40.3 Å². The molecule has 0 spiro atoms. The molecule has 0 bridgehead atoms. The molecule has 3 rings (SSSR count). The molecule has 0 aliphatic carbocycles. The van der Waals surface area contributed by atoms with Gasteiger partial charge in [-0.2, -0.15) is 0 Å². The molecule has 0 aliphatic rings. The van der Waals surface area contributed by atoms with Gasteiger partial charge in [-0.15, -0.1) is 0 Å². The highest BCUT2D eigenvalue weighted by molar-refractivity contribution is 5.95. The van der Waals surface area contributed by atoms with Gasteiger partial charge in [0, 0.05) is 24.8 Å². The van der Waals surface area contributed by atoms with Crippen molar-refractivity contribution < 1.29 is 19.1 Å². The summed E-state index contributed by atoms with van der Waals surface area (Å²) in [5, 5.41) is 5.65. The van der Waals surface area contributed by atoms with Crippen LogP contribution in [0.15, 0.2) is 42.6 Å². The Morgan fingerprint density at radius 1 is 1.09 bits per heavy atom. The van der Waals surface area contributed by atoms with Crippen LogP contribution in [0.2, 0.25) is 0 Å². The standard InChI is InChI=1S/C25H30N4O4/c1-4-5-15-33-25(32)19-10-6-11-20(16-19)28-21(30)12-7-13-26-24(31)22-18(3)27-23-17(2)9-8-14-29(22)23/h6,8-11,14,16H,4-5,7,12-13,15H2,1-3H3,(H,26,31)(H,28,30). The van der Waals surface area contributed by atoms with Gasteiger partial charge in [-0.3, -0.25) is 14.0 Å². The van der Waals surface area contributed by atoms with Gasteiger partial charge in [0.2, 0.25) is 5.91 Å². The van der Waals surface area contributed by atoms with Crippen LogP contribution in [0.1, 0.15) is 64.7 Å². The van der Waals surface area contributed by atoms with Crippen LogP contribution >= 0.6 is 0 Å². The molecule has 0 saturated carbocycles. The fraction of sp³-hybridized carbons (Fsp3) is 0.360. The average molecular weight is 451 g/mol. The molecule has 8 heteroatoms. The van der Waals surface area contributed by atoms with Crippen LogP contribution in [0, 0.1) is 13.8 Å². The van der Waals surface area contributed by atoms with E-state index in [0.29, 0.717) is 42.2 Å². The van der Waals surface area contributed by atoms with E-state index in [9.17, 15) is 14.4 Å². The Labute approximate surface area is 193 Å². The van der Waals surface area contributed by atoms with Gasteiger partial charge in [-0.1, -0.05) is 25.5 Å². The smallest absolute Gasteiger partial charge is 0.338 e. The Morgan fingerprint density at radius 2 is 1.91 bits per heavy atom. The zero-order valence-corrected chi connectivity index (χ0v) is 19.3. The topological polar surface area (TPSA) is 102 Å². The first-order valence-corrected chi connectivity index (χ1v) is 11.2. The van der Waals surface area contributed by atoms with Crippen molar-refractivity contribution in [1.82, 2.24) is 14.7 Å². The lowest BCUT2D eigenvalue weighted by Crippen LogP contribution is -2.27. The van der Waals surface area contributed by atoms with Crippen molar-refractivity contribution in [2.45, 2.75) is 46.5 Å². The number of ether oxygens (including phenoxy) is 1. The molecule has 2 heterocycles. The van der Waals surface area contributed by atoms with E-state index >= 15 is 0 Å². The minimum atomic E-state index is -0.403. The number of amides is 2. The number of pyridine rings is 1. The third-order valence-electron chi connectivity index (χ3n) is 5.21. The van der Waals surface area contributed by atoms with Crippen molar-refractivity contribution in [1.29, 1.82) is 0 Å². The zero-order chi connectivity index (χ0) is 23.8. The van der Waals surface area contributed by atoms with E-state index in [4.69, 9.17) is 4.74 Å². The molecule has 3 aromatic rings. The third-order valence-corrected chi connectivity index (χ3v) is 5.21. The maximum atomic E-state index is 12.7. The van der Waals surface area contributed by atoms with Crippen molar-refractivity contribution in [3.8, 4) is 0 Å². The molecule has 2 amide bonds. The second-order valence-electron chi connectivity index (χ2n) is 7.91. The van der Waals surface area contributed by atoms with E-state index < -0.39 is 5.97 Å². The second-order valence-corrected chi connectivity index (χ2v) is 7.91. The molecule has 0 atom stereocenters. The molecule has 0 aliphatic heterocycles. The molecule has 0 radical (unpaired) electrons. The molecule has 2 N–H and O–H groups in total. The summed E-state index contributed by atoms with van der Waals surface area (Å²) in [6.07, 6.45) is 4.29. The molecular weight excluding hydrogens is 420 g/mol. The predicted molar refractivity (Wildman–Crippen MR) is 126 cm³/mol. The Morgan fingerprint density at radius 3 is 2.70 bits per heavy atom. The van der Waals surface area contributed by atoms with Gasteiger partial charge < -0.3 is 15.4 Å². The van der Waals surface area contributed by atoms with E-state index in [1.54, 1.807) is 28.7 Å². The first-order chi connectivity index (χ1) is 15.9. The van der Waals surface area contributed by atoms with Crippen LogP contribution in [0.5, 0.6) is 0 Å². The Bertz CT molecular complexity index is 1150. The summed E-state index contributed by atoms with van der Waals surface area (Å²) in [7, 11) is 0. The highest BCUT2D eigenvalue weighted by Gasteiger charge is 2.17. The van der Waals surface area contributed by atoms with Crippen molar-refractivity contribution in [2.75, 3.05) is 18.5 Å². The van der Waals surface area contributed by atoms with Crippen molar-refractivity contribution in [3.05, 3.63) is 65.1 Å². The van der Waals surface area contributed by atoms with Crippen molar-refractivity contribution >= 4 is 29.1 Å². The number of nitrogens with one attached hydrogen (secondary N) is 2. The Hall–Kier alpha value is -3.68. The van der Waals surface area contributed by atoms with Crippen molar-refractivity contribution in [2.24, 2.45) is 0 Å². The fourth-order valence-electron chi connectivity index (χ4n) is 3.47. The summed E-state index contributed by atoms with van der Waals surface area (Å²) in [5.74, 6) is -0.817. The quantitative estimate of drug-likeness (QED) is 0.358. The molecule has 2 aromatic heterocycles. The number of esters is 1. The molecule has 174 valence electrons. The van der Waals surface area contributed by atoms with E-state index in [1.165, 1.54) is 0 Å². The zero-order valence-electron chi connectivity index (χ0n) is 19.3. The molecule has 0 fully saturated rings. The van der Waals surface area contributed by atoms with Gasteiger partial charge in [0.15, 0.2) is 0 Å². The first kappa shape index (κ1) is 24.0. The molecule has 0 unspecified atom stereocenters. The first-order valence-electron chi connectivity index (χ1n) is 11.2. The second kappa shape index (κ2) is 11.3. The number of fused-ring (bicyclic) bond motifs is 1. The van der Waals surface area contributed by atoms with Gasteiger partial charge in [0.05, 0.1) is 17.9 Å². The summed E-state index contributed by atoms with van der Waals surface area (Å²) in [6, 6.07) is 10.5. The van der Waals surface area contributed by atoms with Crippen LogP contribution < -0.4 is 10.6 Å². The number of benzene rings is 1. The SMILES string of the molecule is CCCCOC(=O)c1cccc(NC(=O)CCCNC(=O)c2c(C)nc3c(C)cccn23)c1. The lowest BCUT2D eigenvalue weighted by molar-refractivity contribution is -0.116. The highest BCUT2D eigenvalue weighted by atomic mass is 16.5. The number of unbranched alkanes of at least 4 members (excludes halogenated alkanes) is 1. The van der Waals surface area contributed by atoms with Crippen LogP contribution in [0.25, 0.3) is 5.65 Å².